The van der Waals surface area contributed by atoms with Crippen LogP contribution in [0.15, 0.2) is 7.83 Å². The molecule has 0 saturated heterocycles. The number of thiazole rings is 2. The topological polar surface area (TPSA) is 101 Å². The quantitative estimate of drug-likeness (QED) is 0.550. The highest BCUT2D eigenvalue weighted by Crippen LogP contribution is 2.28. The number of halogens is 2. The van der Waals surface area contributed by atoms with E-state index >= 15 is 0 Å². The Bertz CT molecular complexity index is 769. The highest BCUT2D eigenvalue weighted by atomic mass is 79.9. The van der Waals surface area contributed by atoms with Crippen molar-refractivity contribution in [3.8, 4) is 0 Å². The summed E-state index contributed by atoms with van der Waals surface area (Å²) in [6.45, 7) is 8.96. The van der Waals surface area contributed by atoms with E-state index in [1.807, 2.05) is 27.7 Å². The first kappa shape index (κ1) is 22.0. The van der Waals surface area contributed by atoms with Crippen LogP contribution in [-0.2, 0) is 4.74 Å². The number of aromatic nitrogens is 2. The number of aromatic carboxylic acids is 1. The SMILES string of the molecule is Cc1nc(Br)sc1C(=O)O.Cc1nc(Br)sc1NC(=O)OC(C)(C)C. The monoisotopic (exact) mass is 513 g/mol. The molecule has 1 amide bonds. The molecule has 0 aliphatic rings. The molecule has 7 nitrogen and oxygen atoms in total. The number of hydrogen-bond donors (Lipinski definition) is 2. The number of carboxylic acids is 1. The van der Waals surface area contributed by atoms with E-state index in [1.165, 1.54) is 11.3 Å². The minimum Gasteiger partial charge on any atom is -0.477 e. The number of carbonyl (C=O) groups is 2. The number of nitrogens with zero attached hydrogens (tertiary/aromatic N) is 2. The van der Waals surface area contributed by atoms with Gasteiger partial charge in [-0.3, -0.25) is 5.32 Å². The Hall–Kier alpha value is -1.04. The number of nitrogens with one attached hydrogen (secondary N) is 1. The van der Waals surface area contributed by atoms with Crippen molar-refractivity contribution in [3.63, 3.8) is 0 Å². The van der Waals surface area contributed by atoms with Gasteiger partial charge in [-0.25, -0.2) is 19.6 Å². The number of carbonyl (C=O) groups excluding carboxylic acids is 1. The van der Waals surface area contributed by atoms with Gasteiger partial charge in [-0.1, -0.05) is 22.7 Å². The van der Waals surface area contributed by atoms with Gasteiger partial charge in [-0.15, -0.1) is 0 Å². The summed E-state index contributed by atoms with van der Waals surface area (Å²) in [7, 11) is 0. The molecule has 0 spiro atoms. The summed E-state index contributed by atoms with van der Waals surface area (Å²) in [4.78, 5) is 30.1. The van der Waals surface area contributed by atoms with Crippen LogP contribution >= 0.6 is 54.5 Å². The predicted octanol–water partition coefficient (Wildman–Crippen LogP) is 5.47. The molecule has 2 aromatic rings. The summed E-state index contributed by atoms with van der Waals surface area (Å²) in [6, 6.07) is 0. The third kappa shape index (κ3) is 7.80. The largest absolute Gasteiger partial charge is 0.477 e. The van der Waals surface area contributed by atoms with Gasteiger partial charge in [0.15, 0.2) is 7.83 Å². The van der Waals surface area contributed by atoms with Crippen LogP contribution in [0, 0.1) is 13.8 Å². The van der Waals surface area contributed by atoms with Gasteiger partial charge in [0.25, 0.3) is 0 Å². The summed E-state index contributed by atoms with van der Waals surface area (Å²) >= 11 is 8.84. The lowest BCUT2D eigenvalue weighted by Gasteiger charge is -2.19. The fourth-order valence-electron chi connectivity index (χ4n) is 1.44. The summed E-state index contributed by atoms with van der Waals surface area (Å²) in [5.41, 5.74) is 0.849. The van der Waals surface area contributed by atoms with Crippen LogP contribution in [0.4, 0.5) is 9.80 Å². The van der Waals surface area contributed by atoms with Crippen molar-refractivity contribution >= 4 is 71.6 Å². The van der Waals surface area contributed by atoms with E-state index < -0.39 is 17.7 Å². The molecule has 0 radical (unpaired) electrons. The summed E-state index contributed by atoms with van der Waals surface area (Å²) in [6.07, 6.45) is -0.457. The van der Waals surface area contributed by atoms with Crippen LogP contribution in [0.25, 0.3) is 0 Å². The van der Waals surface area contributed by atoms with Crippen molar-refractivity contribution in [2.45, 2.75) is 40.2 Å². The molecule has 25 heavy (non-hydrogen) atoms. The van der Waals surface area contributed by atoms with Crippen LogP contribution in [0.3, 0.4) is 0 Å². The standard InChI is InChI=1S/C9H13BrN2O2S.C5H4BrNO2S/c1-5-6(15-7(10)11-5)12-8(13)14-9(2,3)4;1-2-3(4(8)9)10-5(6)7-2/h1-4H3,(H,12,13);1H3,(H,8,9). The molecule has 0 aliphatic carbocycles. The van der Waals surface area contributed by atoms with Crippen molar-refractivity contribution in [3.05, 3.63) is 24.1 Å². The molecule has 0 unspecified atom stereocenters. The molecule has 2 aromatic heterocycles. The maximum atomic E-state index is 11.4. The van der Waals surface area contributed by atoms with Crippen molar-refractivity contribution < 1.29 is 19.4 Å². The number of aryl methyl sites for hydroxylation is 2. The average Bonchev–Trinajstić information content (AvgIpc) is 2.90. The van der Waals surface area contributed by atoms with Gasteiger partial charge in [-0.2, -0.15) is 0 Å². The van der Waals surface area contributed by atoms with Gasteiger partial charge in [-0.05, 0) is 66.5 Å². The molecule has 0 bridgehead atoms. The number of hydrogen-bond acceptors (Lipinski definition) is 7. The number of rotatable bonds is 2. The predicted molar refractivity (Wildman–Crippen MR) is 106 cm³/mol. The molecule has 2 N–H and O–H groups in total. The van der Waals surface area contributed by atoms with Crippen LogP contribution in [0.1, 0.15) is 41.8 Å². The smallest absolute Gasteiger partial charge is 0.412 e. The molecular formula is C14H17Br2N3O4S2. The molecule has 2 rings (SSSR count). The van der Waals surface area contributed by atoms with Gasteiger partial charge in [0.1, 0.15) is 15.5 Å². The molecule has 0 fully saturated rings. The maximum Gasteiger partial charge on any atom is 0.412 e. The zero-order valence-electron chi connectivity index (χ0n) is 14.1. The van der Waals surface area contributed by atoms with Gasteiger partial charge < -0.3 is 9.84 Å². The molecular weight excluding hydrogens is 498 g/mol. The lowest BCUT2D eigenvalue weighted by Crippen LogP contribution is -2.27. The Morgan fingerprint density at radius 1 is 1.08 bits per heavy atom. The number of anilines is 1. The summed E-state index contributed by atoms with van der Waals surface area (Å²) in [5, 5.41) is 11.9. The van der Waals surface area contributed by atoms with E-state index in [2.05, 4.69) is 47.1 Å². The second-order valence-corrected chi connectivity index (χ2v) is 10.2. The summed E-state index contributed by atoms with van der Waals surface area (Å²) in [5.74, 6) is -0.916. The highest BCUT2D eigenvalue weighted by molar-refractivity contribution is 9.11. The molecule has 0 saturated carbocycles. The fraction of sp³-hybridized carbons (Fsp3) is 0.429. The number of carboxylic acid groups (broad SMARTS) is 1. The van der Waals surface area contributed by atoms with E-state index in [4.69, 9.17) is 9.84 Å². The highest BCUT2D eigenvalue weighted by Gasteiger charge is 2.18. The van der Waals surface area contributed by atoms with Gasteiger partial charge in [0.05, 0.1) is 11.4 Å². The first-order valence-corrected chi connectivity index (χ1v) is 10.1. The lowest BCUT2D eigenvalue weighted by atomic mass is 10.2. The second kappa shape index (κ2) is 9.06. The van der Waals surface area contributed by atoms with Gasteiger partial charge in [0, 0.05) is 0 Å². The van der Waals surface area contributed by atoms with Crippen LogP contribution in [-0.4, -0.2) is 32.7 Å². The zero-order chi connectivity index (χ0) is 19.4. The fourth-order valence-corrected chi connectivity index (χ4v) is 4.25. The van der Waals surface area contributed by atoms with E-state index in [0.717, 1.165) is 20.9 Å². The molecule has 0 aliphatic heterocycles. The van der Waals surface area contributed by atoms with Gasteiger partial charge >= 0.3 is 12.1 Å². The molecule has 2 heterocycles. The normalized spacial score (nSPS) is 10.7. The van der Waals surface area contributed by atoms with Crippen LogP contribution < -0.4 is 5.32 Å². The van der Waals surface area contributed by atoms with Crippen molar-refractivity contribution in [2.24, 2.45) is 0 Å². The minimum atomic E-state index is -0.916. The first-order valence-electron chi connectivity index (χ1n) is 6.88. The lowest BCUT2D eigenvalue weighted by molar-refractivity contribution is 0.0634. The Kier molecular flexibility index (Phi) is 7.97. The van der Waals surface area contributed by atoms with Crippen molar-refractivity contribution in [2.75, 3.05) is 5.32 Å². The van der Waals surface area contributed by atoms with Crippen molar-refractivity contribution in [1.29, 1.82) is 0 Å². The Morgan fingerprint density at radius 2 is 1.60 bits per heavy atom. The number of ether oxygens (including phenoxy) is 1. The van der Waals surface area contributed by atoms with Crippen LogP contribution in [0.5, 0.6) is 0 Å². The molecule has 0 aromatic carbocycles. The van der Waals surface area contributed by atoms with E-state index in [-0.39, 0.29) is 0 Å². The van der Waals surface area contributed by atoms with Gasteiger partial charge in [0.2, 0.25) is 0 Å². The minimum absolute atomic E-state index is 0.298. The second-order valence-electron chi connectivity index (χ2n) is 5.69. The van der Waals surface area contributed by atoms with Crippen molar-refractivity contribution in [1.82, 2.24) is 9.97 Å². The maximum absolute atomic E-state index is 11.4. The third-order valence-corrected chi connectivity index (χ3v) is 5.47. The average molecular weight is 515 g/mol. The Balaban J connectivity index is 0.000000271. The molecule has 0 atom stereocenters. The molecule has 11 heteroatoms. The van der Waals surface area contributed by atoms with E-state index in [0.29, 0.717) is 19.5 Å². The third-order valence-electron chi connectivity index (χ3n) is 2.35. The van der Waals surface area contributed by atoms with E-state index in [9.17, 15) is 9.59 Å². The first-order chi connectivity index (χ1) is 11.4. The number of amides is 1. The zero-order valence-corrected chi connectivity index (χ0v) is 18.9. The van der Waals surface area contributed by atoms with Crippen LogP contribution in [0.2, 0.25) is 0 Å². The molecule has 138 valence electrons. The summed E-state index contributed by atoms with van der Waals surface area (Å²) < 4.78 is 6.47. The van der Waals surface area contributed by atoms with E-state index in [1.54, 1.807) is 6.92 Å². The Morgan fingerprint density at radius 3 is 1.92 bits per heavy atom. The Labute approximate surface area is 170 Å².